The van der Waals surface area contributed by atoms with Gasteiger partial charge in [0.05, 0.1) is 0 Å². The van der Waals surface area contributed by atoms with Crippen molar-refractivity contribution in [3.63, 3.8) is 0 Å². The Hall–Kier alpha value is 0.584. The molecule has 1 rings (SSSR count). The average Bonchev–Trinajstić information content (AvgIpc) is 2.43. The van der Waals surface area contributed by atoms with E-state index in [0.717, 1.165) is 12.8 Å². The van der Waals surface area contributed by atoms with Crippen molar-refractivity contribution in [1.29, 1.82) is 0 Å². The first-order chi connectivity index (χ1) is 4.41. The van der Waals surface area contributed by atoms with Crippen LogP contribution < -0.4 is 0 Å². The Morgan fingerprint density at radius 3 is 2.30 bits per heavy atom. The van der Waals surface area contributed by atoms with E-state index in [9.17, 15) is 0 Å². The average molecular weight is 211 g/mol. The van der Waals surface area contributed by atoms with E-state index in [1.165, 1.54) is 6.42 Å². The number of rotatable bonds is 1. The van der Waals surface area contributed by atoms with E-state index in [4.69, 9.17) is 0 Å². The van der Waals surface area contributed by atoms with Gasteiger partial charge in [-0.05, 0) is 0 Å². The second-order valence-electron chi connectivity index (χ2n) is 1.86. The minimum Gasteiger partial charge on any atom is -0.343 e. The van der Waals surface area contributed by atoms with Gasteiger partial charge in [-0.1, -0.05) is 13.3 Å². The van der Waals surface area contributed by atoms with Crippen LogP contribution in [-0.2, 0) is 32.7 Å². The summed E-state index contributed by atoms with van der Waals surface area (Å²) >= 11 is 0. The summed E-state index contributed by atoms with van der Waals surface area (Å²) < 4.78 is 0. The van der Waals surface area contributed by atoms with Gasteiger partial charge < -0.3 is 6.92 Å². The minimum absolute atomic E-state index is 0. The normalized spacial score (nSPS) is 11.8. The first-order valence-electron chi connectivity index (χ1n) is 3.42. The fourth-order valence-electron chi connectivity index (χ4n) is 0.340. The zero-order valence-corrected chi connectivity index (χ0v) is 9.48. The van der Waals surface area contributed by atoms with Crippen molar-refractivity contribution < 1.29 is 32.7 Å². The molecule has 0 unspecified atom stereocenters. The number of allylic oxidation sites excluding steroid dienone is 4. The first kappa shape index (κ1) is 13.2. The summed E-state index contributed by atoms with van der Waals surface area (Å²) in [6.45, 7) is 5.72. The van der Waals surface area contributed by atoms with Crippen LogP contribution in [0.25, 0.3) is 0 Å². The van der Waals surface area contributed by atoms with Crippen LogP contribution in [0.15, 0.2) is 18.2 Å². The Bertz CT molecular complexity index is 80.9. The largest absolute Gasteiger partial charge is 0.343 e. The molecule has 0 amide bonds. The van der Waals surface area contributed by atoms with Crippen molar-refractivity contribution in [3.05, 3.63) is 31.2 Å². The number of unbranched alkanes of at least 4 members (excludes halogenated alkanes) is 1. The van der Waals surface area contributed by atoms with Gasteiger partial charge >= 0.3 is 0 Å². The van der Waals surface area contributed by atoms with Gasteiger partial charge in [0.2, 0.25) is 0 Å². The topological polar surface area (TPSA) is 0 Å². The van der Waals surface area contributed by atoms with Crippen LogP contribution >= 0.6 is 0 Å². The molecule has 1 aliphatic rings. The molecule has 0 saturated carbocycles. The Morgan fingerprint density at radius 1 is 1.60 bits per heavy atom. The summed E-state index contributed by atoms with van der Waals surface area (Å²) in [5, 5.41) is 0. The summed E-state index contributed by atoms with van der Waals surface area (Å²) in [7, 11) is 0. The van der Waals surface area contributed by atoms with Crippen LogP contribution in [0.3, 0.4) is 0 Å². The summed E-state index contributed by atoms with van der Waals surface area (Å²) in [5.41, 5.74) is 0. The van der Waals surface area contributed by atoms with Crippen LogP contribution in [-0.4, -0.2) is 0 Å². The van der Waals surface area contributed by atoms with Crippen molar-refractivity contribution in [3.8, 4) is 0 Å². The molecule has 0 fully saturated rings. The van der Waals surface area contributed by atoms with Crippen LogP contribution in [0.5, 0.6) is 0 Å². The van der Waals surface area contributed by atoms with E-state index in [1.807, 2.05) is 12.2 Å². The number of hydrogen-bond acceptors (Lipinski definition) is 0. The zero-order valence-electron chi connectivity index (χ0n) is 6.64. The smallest absolute Gasteiger partial charge is 0 e. The zero-order chi connectivity index (χ0) is 6.95. The van der Waals surface area contributed by atoms with Gasteiger partial charge in [0.15, 0.2) is 0 Å². The van der Waals surface area contributed by atoms with Crippen molar-refractivity contribution in [1.82, 2.24) is 0 Å². The predicted molar refractivity (Wildman–Crippen MR) is 41.8 cm³/mol. The molecule has 0 heterocycles. The van der Waals surface area contributed by atoms with Crippen LogP contribution in [0.1, 0.15) is 26.2 Å². The van der Waals surface area contributed by atoms with Crippen molar-refractivity contribution in [2.75, 3.05) is 0 Å². The van der Waals surface area contributed by atoms with Crippen molar-refractivity contribution >= 4 is 0 Å². The van der Waals surface area contributed by atoms with E-state index >= 15 is 0 Å². The molecule has 0 aromatic rings. The molecule has 0 N–H and O–H groups in total. The third kappa shape index (κ3) is 11.4. The molecule has 0 bridgehead atoms. The maximum Gasteiger partial charge on any atom is 0 e. The quantitative estimate of drug-likeness (QED) is 0.585. The van der Waals surface area contributed by atoms with Gasteiger partial charge in [-0.2, -0.15) is 12.5 Å². The Morgan fingerprint density at radius 2 is 2.20 bits per heavy atom. The molecule has 0 atom stereocenters. The SMILES string of the molecule is [C-]1=CC=CC1.[CH2-]CCC.[Y]. The Kier molecular flexibility index (Phi) is 16.2. The third-order valence-corrected chi connectivity index (χ3v) is 0.939. The molecule has 10 heavy (non-hydrogen) atoms. The number of hydrogen-bond donors (Lipinski definition) is 0. The van der Waals surface area contributed by atoms with Crippen molar-refractivity contribution in [2.45, 2.75) is 26.2 Å². The van der Waals surface area contributed by atoms with Gasteiger partial charge in [0, 0.05) is 32.7 Å². The van der Waals surface area contributed by atoms with Crippen LogP contribution in [0.2, 0.25) is 0 Å². The summed E-state index contributed by atoms with van der Waals surface area (Å²) in [6, 6.07) is 0. The molecule has 0 spiro atoms. The fourth-order valence-corrected chi connectivity index (χ4v) is 0.340. The predicted octanol–water partition coefficient (Wildman–Crippen LogP) is 2.92. The van der Waals surface area contributed by atoms with E-state index in [1.54, 1.807) is 0 Å². The molecule has 0 nitrogen and oxygen atoms in total. The Balaban J connectivity index is 0. The minimum atomic E-state index is 0. The molecular formula is C9H14Y-2. The second kappa shape index (κ2) is 12.3. The standard InChI is InChI=1S/C5H5.C4H9.Y/c1-2-4-5-3-1;1-3-4-2;/h1-3H,4H2;1,3-4H2,2H3;/q2*-1;. The summed E-state index contributed by atoms with van der Waals surface area (Å²) in [4.78, 5) is 0. The van der Waals surface area contributed by atoms with Gasteiger partial charge in [-0.3, -0.25) is 6.08 Å². The van der Waals surface area contributed by atoms with Crippen molar-refractivity contribution in [2.24, 2.45) is 0 Å². The third-order valence-electron chi connectivity index (χ3n) is 0.939. The molecule has 55 valence electrons. The molecule has 0 aliphatic heterocycles. The molecule has 0 saturated heterocycles. The summed E-state index contributed by atoms with van der Waals surface area (Å²) in [5.74, 6) is 0. The first-order valence-corrected chi connectivity index (χ1v) is 3.42. The van der Waals surface area contributed by atoms with E-state index in [2.05, 4.69) is 26.0 Å². The van der Waals surface area contributed by atoms with E-state index < -0.39 is 0 Å². The van der Waals surface area contributed by atoms with Gasteiger partial charge in [-0.25, -0.2) is 12.2 Å². The van der Waals surface area contributed by atoms with Crippen LogP contribution in [0.4, 0.5) is 0 Å². The monoisotopic (exact) mass is 211 g/mol. The van der Waals surface area contributed by atoms with Gasteiger partial charge in [0.25, 0.3) is 0 Å². The Labute approximate surface area is 89.7 Å². The molecular weight excluding hydrogens is 197 g/mol. The molecule has 1 radical (unpaired) electrons. The second-order valence-corrected chi connectivity index (χ2v) is 1.86. The maximum absolute atomic E-state index is 3.60. The molecule has 1 aliphatic carbocycles. The maximum atomic E-state index is 3.60. The van der Waals surface area contributed by atoms with E-state index in [0.29, 0.717) is 0 Å². The molecule has 0 aromatic carbocycles. The van der Waals surface area contributed by atoms with E-state index in [-0.39, 0.29) is 32.7 Å². The summed E-state index contributed by atoms with van der Waals surface area (Å²) in [6.07, 6.45) is 12.3. The van der Waals surface area contributed by atoms with Gasteiger partial charge in [0.1, 0.15) is 0 Å². The molecule has 1 heteroatoms. The van der Waals surface area contributed by atoms with Gasteiger partial charge in [-0.15, -0.1) is 6.42 Å². The van der Waals surface area contributed by atoms with Crippen LogP contribution in [0, 0.1) is 13.0 Å². The fraction of sp³-hybridized carbons (Fsp3) is 0.444. The molecule has 0 aromatic heterocycles.